The van der Waals surface area contributed by atoms with Crippen LogP contribution in [-0.2, 0) is 0 Å². The Kier molecular flexibility index (Phi) is 0.803. The summed E-state index contributed by atoms with van der Waals surface area (Å²) in [6, 6.07) is 3.96. The van der Waals surface area contributed by atoms with E-state index in [0.29, 0.717) is 0 Å². The van der Waals surface area contributed by atoms with Crippen molar-refractivity contribution >= 4 is 10.9 Å². The first-order valence-electron chi connectivity index (χ1n) is 2.84. The third-order valence-electron chi connectivity index (χ3n) is 1.35. The Bertz CT molecular complexity index is 286. The van der Waals surface area contributed by atoms with Gasteiger partial charge in [0.05, 0.1) is 0 Å². The third kappa shape index (κ3) is 0.598. The molecule has 0 aliphatic heterocycles. The van der Waals surface area contributed by atoms with Gasteiger partial charge in [-0.15, -0.1) is 0 Å². The van der Waals surface area contributed by atoms with E-state index in [0.717, 1.165) is 10.9 Å². The van der Waals surface area contributed by atoms with Crippen LogP contribution in [0.3, 0.4) is 0 Å². The van der Waals surface area contributed by atoms with E-state index in [1.165, 1.54) is 0 Å². The van der Waals surface area contributed by atoms with Gasteiger partial charge in [-0.1, -0.05) is 0 Å². The van der Waals surface area contributed by atoms with Crippen LogP contribution in [0, 0.1) is 0 Å². The molecule has 1 N–H and O–H groups in total. The van der Waals surface area contributed by atoms with Gasteiger partial charge in [-0.3, -0.25) is 4.98 Å². The molecule has 0 aromatic carbocycles. The molecule has 2 rings (SSSR count). The average molecular weight is 119 g/mol. The van der Waals surface area contributed by atoms with E-state index >= 15 is 0 Å². The van der Waals surface area contributed by atoms with Crippen molar-refractivity contribution < 1.29 is 1.43 Å². The summed E-state index contributed by atoms with van der Waals surface area (Å²) in [5.74, 6) is 0. The van der Waals surface area contributed by atoms with Gasteiger partial charge in [0.1, 0.15) is 0 Å². The zero-order chi connectivity index (χ0) is 6.10. The summed E-state index contributed by atoms with van der Waals surface area (Å²) in [5.41, 5.74) is 1.14. The standard InChI is InChI=1S/C7H6N2/c1-4-9-7-2-3-8-5-6(1)7/h1-5,9H/p+1. The maximum atomic E-state index is 3.97. The molecule has 0 saturated heterocycles. The molecule has 0 bridgehead atoms. The van der Waals surface area contributed by atoms with E-state index in [1.807, 2.05) is 24.5 Å². The van der Waals surface area contributed by atoms with Crippen LogP contribution in [0.5, 0.6) is 0 Å². The Balaban J connectivity index is 0.000000500. The molecule has 2 nitrogen and oxygen atoms in total. The van der Waals surface area contributed by atoms with Crippen molar-refractivity contribution in [1.29, 1.82) is 0 Å². The summed E-state index contributed by atoms with van der Waals surface area (Å²) in [6.07, 6.45) is 5.52. The molecule has 0 saturated carbocycles. The predicted octanol–water partition coefficient (Wildman–Crippen LogP) is 1.68. The zero-order valence-electron chi connectivity index (χ0n) is 5.83. The van der Waals surface area contributed by atoms with Gasteiger partial charge in [0.2, 0.25) is 0 Å². The topological polar surface area (TPSA) is 28.7 Å². The highest BCUT2D eigenvalue weighted by atomic mass is 14.7. The van der Waals surface area contributed by atoms with Crippen LogP contribution >= 0.6 is 0 Å². The van der Waals surface area contributed by atoms with Crippen molar-refractivity contribution in [3.63, 3.8) is 0 Å². The van der Waals surface area contributed by atoms with Gasteiger partial charge < -0.3 is 4.98 Å². The summed E-state index contributed by atoms with van der Waals surface area (Å²) in [7, 11) is 0. The van der Waals surface area contributed by atoms with Crippen molar-refractivity contribution in [3.05, 3.63) is 30.7 Å². The lowest BCUT2D eigenvalue weighted by Gasteiger charge is -1.82. The highest BCUT2D eigenvalue weighted by Crippen LogP contribution is 2.07. The van der Waals surface area contributed by atoms with Crippen molar-refractivity contribution in [2.45, 2.75) is 0 Å². The Morgan fingerprint density at radius 1 is 1.44 bits per heavy atom. The molecule has 2 aromatic rings. The fraction of sp³-hybridized carbons (Fsp3) is 0. The van der Waals surface area contributed by atoms with E-state index in [2.05, 4.69) is 9.97 Å². The number of rotatable bonds is 0. The van der Waals surface area contributed by atoms with Crippen LogP contribution in [0.2, 0.25) is 0 Å². The molecule has 2 aromatic heterocycles. The summed E-state index contributed by atoms with van der Waals surface area (Å²) < 4.78 is 0. The molecule has 0 fully saturated rings. The molecule has 0 aliphatic rings. The lowest BCUT2D eigenvalue weighted by molar-refractivity contribution is 1.36. The van der Waals surface area contributed by atoms with E-state index < -0.39 is 0 Å². The first kappa shape index (κ1) is 4.56. The quantitative estimate of drug-likeness (QED) is 0.561. The Hall–Kier alpha value is -1.31. The second-order valence-electron chi connectivity index (χ2n) is 1.94. The van der Waals surface area contributed by atoms with E-state index in [4.69, 9.17) is 0 Å². The number of pyridine rings is 1. The fourth-order valence-corrected chi connectivity index (χ4v) is 0.892. The maximum absolute atomic E-state index is 3.97. The second kappa shape index (κ2) is 1.58. The molecule has 0 unspecified atom stereocenters. The highest BCUT2D eigenvalue weighted by Gasteiger charge is 1.87. The SMILES string of the molecule is [H+].c1cc2[nH]ccc2cn1. The molecule has 0 spiro atoms. The molecule has 0 atom stereocenters. The van der Waals surface area contributed by atoms with Crippen LogP contribution < -0.4 is 0 Å². The van der Waals surface area contributed by atoms with Crippen molar-refractivity contribution in [3.8, 4) is 0 Å². The first-order valence-corrected chi connectivity index (χ1v) is 2.84. The lowest BCUT2D eigenvalue weighted by Crippen LogP contribution is -1.67. The number of hydrogen-bond donors (Lipinski definition) is 1. The van der Waals surface area contributed by atoms with Crippen LogP contribution in [0.25, 0.3) is 10.9 Å². The Morgan fingerprint density at radius 2 is 2.44 bits per heavy atom. The van der Waals surface area contributed by atoms with Gasteiger partial charge in [-0.2, -0.15) is 0 Å². The van der Waals surface area contributed by atoms with Crippen LogP contribution in [0.15, 0.2) is 30.7 Å². The van der Waals surface area contributed by atoms with Crippen LogP contribution in [0.1, 0.15) is 1.43 Å². The highest BCUT2D eigenvalue weighted by molar-refractivity contribution is 5.77. The molecule has 0 radical (unpaired) electrons. The number of hydrogen-bond acceptors (Lipinski definition) is 1. The minimum absolute atomic E-state index is 0. The molecule has 2 heterocycles. The minimum atomic E-state index is 0. The molecule has 0 amide bonds. The first-order chi connectivity index (χ1) is 4.47. The van der Waals surface area contributed by atoms with Gasteiger partial charge >= 0.3 is 1.43 Å². The smallest absolute Gasteiger partial charge is 0.361 e. The van der Waals surface area contributed by atoms with Crippen LogP contribution in [0.4, 0.5) is 0 Å². The summed E-state index contributed by atoms with van der Waals surface area (Å²) >= 11 is 0. The molecular weight excluding hydrogens is 112 g/mol. The normalized spacial score (nSPS) is 10.2. The summed E-state index contributed by atoms with van der Waals surface area (Å²) in [5, 5.41) is 1.16. The molecule has 2 heteroatoms. The van der Waals surface area contributed by atoms with Gasteiger partial charge in [-0.25, -0.2) is 0 Å². The van der Waals surface area contributed by atoms with E-state index in [1.54, 1.807) is 6.20 Å². The zero-order valence-corrected chi connectivity index (χ0v) is 4.83. The number of nitrogens with zero attached hydrogens (tertiary/aromatic N) is 1. The maximum Gasteiger partial charge on any atom is 1.00 e. The largest absolute Gasteiger partial charge is 1.00 e. The van der Waals surface area contributed by atoms with E-state index in [9.17, 15) is 0 Å². The predicted molar refractivity (Wildman–Crippen MR) is 37.2 cm³/mol. The third-order valence-corrected chi connectivity index (χ3v) is 1.35. The van der Waals surface area contributed by atoms with E-state index in [-0.39, 0.29) is 1.43 Å². The molecule has 44 valence electrons. The Morgan fingerprint density at radius 3 is 3.33 bits per heavy atom. The van der Waals surface area contributed by atoms with Crippen molar-refractivity contribution in [1.82, 2.24) is 9.97 Å². The van der Waals surface area contributed by atoms with Gasteiger partial charge in [0.25, 0.3) is 0 Å². The van der Waals surface area contributed by atoms with Crippen LogP contribution in [-0.4, -0.2) is 9.97 Å². The number of nitrogens with one attached hydrogen (secondary N) is 1. The fourth-order valence-electron chi connectivity index (χ4n) is 0.892. The monoisotopic (exact) mass is 119 g/mol. The summed E-state index contributed by atoms with van der Waals surface area (Å²) in [6.45, 7) is 0. The summed E-state index contributed by atoms with van der Waals surface area (Å²) in [4.78, 5) is 7.04. The number of fused-ring (bicyclic) bond motifs is 1. The number of aromatic amines is 1. The Labute approximate surface area is 54.0 Å². The number of H-pyrrole nitrogens is 1. The van der Waals surface area contributed by atoms with Crippen molar-refractivity contribution in [2.75, 3.05) is 0 Å². The molecule has 9 heavy (non-hydrogen) atoms. The van der Waals surface area contributed by atoms with Crippen molar-refractivity contribution in [2.24, 2.45) is 0 Å². The average Bonchev–Trinajstić information content (AvgIpc) is 2.33. The molecule has 0 aliphatic carbocycles. The second-order valence-corrected chi connectivity index (χ2v) is 1.94. The minimum Gasteiger partial charge on any atom is -0.361 e. The van der Waals surface area contributed by atoms with Gasteiger partial charge in [0.15, 0.2) is 0 Å². The molecular formula is C7H7N2+. The number of aromatic nitrogens is 2. The van der Waals surface area contributed by atoms with Gasteiger partial charge in [-0.05, 0) is 12.1 Å². The van der Waals surface area contributed by atoms with Gasteiger partial charge in [0, 0.05) is 29.5 Å². The lowest BCUT2D eigenvalue weighted by atomic mass is 10.3.